The summed E-state index contributed by atoms with van der Waals surface area (Å²) in [6, 6.07) is 14.0. The van der Waals surface area contributed by atoms with E-state index >= 15 is 4.39 Å². The SMILES string of the molecule is CCCc1c(Cc2ccc(-c3ccccc3C#N)cc2F)c(=O)n([C@H]2C[C@H](O)C2)c2nc(C)nn12. The predicted octanol–water partition coefficient (Wildman–Crippen LogP) is 4.12. The number of halogens is 1. The van der Waals surface area contributed by atoms with Crippen LogP contribution in [0.2, 0.25) is 0 Å². The Hall–Kier alpha value is -3.83. The molecule has 1 saturated carbocycles. The van der Waals surface area contributed by atoms with Crippen LogP contribution >= 0.6 is 0 Å². The summed E-state index contributed by atoms with van der Waals surface area (Å²) >= 11 is 0. The number of aryl methyl sites for hydroxylation is 2. The van der Waals surface area contributed by atoms with Gasteiger partial charge in [0, 0.05) is 18.0 Å². The molecule has 1 aliphatic rings. The molecule has 5 rings (SSSR count). The van der Waals surface area contributed by atoms with Crippen molar-refractivity contribution in [2.24, 2.45) is 0 Å². The number of aliphatic hydroxyl groups is 1. The van der Waals surface area contributed by atoms with Crippen LogP contribution in [0.25, 0.3) is 16.9 Å². The van der Waals surface area contributed by atoms with E-state index in [1.54, 1.807) is 46.3 Å². The molecule has 2 aromatic heterocycles. The molecular formula is C27H26FN5O2. The first-order valence-corrected chi connectivity index (χ1v) is 11.9. The van der Waals surface area contributed by atoms with Crippen molar-refractivity contribution in [1.29, 1.82) is 5.26 Å². The van der Waals surface area contributed by atoms with Crippen LogP contribution in [-0.2, 0) is 12.8 Å². The molecule has 4 aromatic rings. The highest BCUT2D eigenvalue weighted by atomic mass is 19.1. The maximum absolute atomic E-state index is 15.4. The van der Waals surface area contributed by atoms with Crippen molar-refractivity contribution < 1.29 is 9.50 Å². The molecule has 2 heterocycles. The minimum absolute atomic E-state index is 0.115. The number of fused-ring (bicyclic) bond motifs is 1. The summed E-state index contributed by atoms with van der Waals surface area (Å²) < 4.78 is 18.7. The molecule has 1 aliphatic carbocycles. The van der Waals surface area contributed by atoms with Gasteiger partial charge in [-0.1, -0.05) is 43.7 Å². The van der Waals surface area contributed by atoms with Gasteiger partial charge < -0.3 is 5.11 Å². The summed E-state index contributed by atoms with van der Waals surface area (Å²) in [5.41, 5.74) is 3.18. The fraction of sp³-hybridized carbons (Fsp3) is 0.333. The number of aromatic nitrogens is 4. The Kier molecular flexibility index (Phi) is 5.95. The zero-order valence-corrected chi connectivity index (χ0v) is 19.7. The highest BCUT2D eigenvalue weighted by Gasteiger charge is 2.33. The van der Waals surface area contributed by atoms with Gasteiger partial charge in [-0.2, -0.15) is 15.3 Å². The summed E-state index contributed by atoms with van der Waals surface area (Å²) in [5, 5.41) is 23.8. The van der Waals surface area contributed by atoms with Gasteiger partial charge >= 0.3 is 0 Å². The summed E-state index contributed by atoms with van der Waals surface area (Å²) in [4.78, 5) is 18.3. The van der Waals surface area contributed by atoms with Crippen molar-refractivity contribution in [3.05, 3.63) is 86.8 Å². The lowest BCUT2D eigenvalue weighted by atomic mass is 9.89. The van der Waals surface area contributed by atoms with Crippen LogP contribution in [0.1, 0.15) is 60.4 Å². The molecule has 1 N–H and O–H groups in total. The van der Waals surface area contributed by atoms with Crippen molar-refractivity contribution in [3.8, 4) is 17.2 Å². The third kappa shape index (κ3) is 4.02. The third-order valence-electron chi connectivity index (χ3n) is 6.71. The number of rotatable bonds is 6. The number of benzene rings is 2. The zero-order chi connectivity index (χ0) is 24.7. The van der Waals surface area contributed by atoms with Gasteiger partial charge in [-0.3, -0.25) is 9.36 Å². The molecule has 0 aliphatic heterocycles. The van der Waals surface area contributed by atoms with Crippen LogP contribution in [0.4, 0.5) is 4.39 Å². The average molecular weight is 472 g/mol. The second kappa shape index (κ2) is 9.08. The predicted molar refractivity (Wildman–Crippen MR) is 130 cm³/mol. The molecule has 8 heteroatoms. The van der Waals surface area contributed by atoms with E-state index in [0.717, 1.165) is 12.1 Å². The monoisotopic (exact) mass is 471 g/mol. The lowest BCUT2D eigenvalue weighted by molar-refractivity contribution is 0.0481. The molecule has 0 bridgehead atoms. The summed E-state index contributed by atoms with van der Waals surface area (Å²) in [7, 11) is 0. The smallest absolute Gasteiger partial charge is 0.259 e. The molecule has 0 spiro atoms. The number of aliphatic hydroxyl groups excluding tert-OH is 1. The van der Waals surface area contributed by atoms with Crippen molar-refractivity contribution in [3.63, 3.8) is 0 Å². The highest BCUT2D eigenvalue weighted by Crippen LogP contribution is 2.33. The Labute approximate surface area is 202 Å². The van der Waals surface area contributed by atoms with E-state index in [-0.39, 0.29) is 18.0 Å². The van der Waals surface area contributed by atoms with E-state index in [4.69, 9.17) is 0 Å². The van der Waals surface area contributed by atoms with Gasteiger partial charge in [-0.15, -0.1) is 0 Å². The molecule has 1 fully saturated rings. The Bertz CT molecular complexity index is 1530. The zero-order valence-electron chi connectivity index (χ0n) is 19.7. The van der Waals surface area contributed by atoms with Crippen LogP contribution in [0.5, 0.6) is 0 Å². The van der Waals surface area contributed by atoms with E-state index < -0.39 is 11.9 Å². The van der Waals surface area contributed by atoms with E-state index in [9.17, 15) is 15.2 Å². The Balaban J connectivity index is 1.62. The Morgan fingerprint density at radius 2 is 2.00 bits per heavy atom. The van der Waals surface area contributed by atoms with E-state index in [1.807, 2.05) is 13.0 Å². The number of hydrogen-bond donors (Lipinski definition) is 1. The molecule has 178 valence electrons. The largest absolute Gasteiger partial charge is 0.393 e. The molecule has 0 unspecified atom stereocenters. The lowest BCUT2D eigenvalue weighted by Gasteiger charge is -2.33. The van der Waals surface area contributed by atoms with Crippen molar-refractivity contribution in [1.82, 2.24) is 19.2 Å². The fourth-order valence-electron chi connectivity index (χ4n) is 4.88. The summed E-state index contributed by atoms with van der Waals surface area (Å²) in [6.45, 7) is 3.81. The number of hydrogen-bond acceptors (Lipinski definition) is 5. The quantitative estimate of drug-likeness (QED) is 0.456. The van der Waals surface area contributed by atoms with Crippen molar-refractivity contribution in [2.75, 3.05) is 0 Å². The second-order valence-electron chi connectivity index (χ2n) is 9.14. The molecule has 7 nitrogen and oxygen atoms in total. The normalized spacial score (nSPS) is 17.3. The maximum Gasteiger partial charge on any atom is 0.259 e. The van der Waals surface area contributed by atoms with Crippen LogP contribution in [0.15, 0.2) is 47.3 Å². The summed E-state index contributed by atoms with van der Waals surface area (Å²) in [6.07, 6.45) is 2.04. The topological polar surface area (TPSA) is 96.2 Å². The van der Waals surface area contributed by atoms with Crippen molar-refractivity contribution >= 4 is 5.78 Å². The van der Waals surface area contributed by atoms with Crippen LogP contribution in [0.3, 0.4) is 0 Å². The van der Waals surface area contributed by atoms with Gasteiger partial charge in [0.25, 0.3) is 5.56 Å². The molecule has 0 saturated heterocycles. The number of nitrogens with zero attached hydrogens (tertiary/aromatic N) is 5. The molecule has 0 amide bonds. The Morgan fingerprint density at radius 1 is 1.23 bits per heavy atom. The first-order chi connectivity index (χ1) is 16.9. The molecule has 0 radical (unpaired) electrons. The fourth-order valence-corrected chi connectivity index (χ4v) is 4.88. The molecular weight excluding hydrogens is 445 g/mol. The van der Waals surface area contributed by atoms with Crippen LogP contribution in [-0.4, -0.2) is 30.4 Å². The number of nitriles is 1. The van der Waals surface area contributed by atoms with Crippen LogP contribution in [0, 0.1) is 24.1 Å². The maximum atomic E-state index is 15.4. The van der Waals surface area contributed by atoms with E-state index in [2.05, 4.69) is 16.2 Å². The first-order valence-electron chi connectivity index (χ1n) is 11.9. The van der Waals surface area contributed by atoms with Gasteiger partial charge in [0.15, 0.2) is 0 Å². The average Bonchev–Trinajstić information content (AvgIpc) is 3.22. The van der Waals surface area contributed by atoms with Crippen molar-refractivity contribution in [2.45, 2.75) is 58.1 Å². The highest BCUT2D eigenvalue weighted by molar-refractivity contribution is 5.70. The molecule has 2 aromatic carbocycles. The second-order valence-corrected chi connectivity index (χ2v) is 9.14. The molecule has 35 heavy (non-hydrogen) atoms. The molecule has 0 atom stereocenters. The lowest BCUT2D eigenvalue weighted by Crippen LogP contribution is -2.40. The minimum atomic E-state index is -0.434. The van der Waals surface area contributed by atoms with E-state index in [1.165, 1.54) is 6.07 Å². The van der Waals surface area contributed by atoms with Crippen LogP contribution < -0.4 is 5.56 Å². The standard InChI is InChI=1S/C27H26FN5O2/c1-3-6-25-23(26(35)32(20-13-21(34)14-20)27-30-16(2)31-33(25)27)11-18-10-9-17(12-24(18)28)22-8-5-4-7-19(22)15-29/h4-5,7-10,12,20-21,34H,3,6,11,13-14H2,1-2H3/t20-,21-. The van der Waals surface area contributed by atoms with Gasteiger partial charge in [-0.05, 0) is 55.0 Å². The van der Waals surface area contributed by atoms with E-state index in [0.29, 0.717) is 58.7 Å². The van der Waals surface area contributed by atoms with Gasteiger partial charge in [0.2, 0.25) is 5.78 Å². The van der Waals surface area contributed by atoms with Gasteiger partial charge in [0.1, 0.15) is 11.6 Å². The third-order valence-corrected chi connectivity index (χ3v) is 6.71. The first kappa shape index (κ1) is 22.9. The minimum Gasteiger partial charge on any atom is -0.393 e. The van der Waals surface area contributed by atoms with Gasteiger partial charge in [0.05, 0.1) is 23.4 Å². The van der Waals surface area contributed by atoms with Gasteiger partial charge in [-0.25, -0.2) is 8.91 Å². The summed E-state index contributed by atoms with van der Waals surface area (Å²) in [5.74, 6) is 0.595. The Morgan fingerprint density at radius 3 is 2.69 bits per heavy atom.